The molecule has 0 aliphatic heterocycles. The van der Waals surface area contributed by atoms with E-state index in [-0.39, 0.29) is 0 Å². The Labute approximate surface area is 106 Å². The van der Waals surface area contributed by atoms with E-state index in [2.05, 4.69) is 31.0 Å². The lowest BCUT2D eigenvalue weighted by Gasteiger charge is -2.13. The molecule has 0 aromatic rings. The van der Waals surface area contributed by atoms with Gasteiger partial charge in [-0.2, -0.15) is 0 Å². The first-order chi connectivity index (χ1) is 8.10. The fourth-order valence-electron chi connectivity index (χ4n) is 1.49. The van der Waals surface area contributed by atoms with Crippen molar-refractivity contribution in [3.05, 3.63) is 35.6 Å². The molecule has 0 bridgehead atoms. The van der Waals surface area contributed by atoms with E-state index < -0.39 is 0 Å². The van der Waals surface area contributed by atoms with E-state index in [1.54, 1.807) is 0 Å². The van der Waals surface area contributed by atoms with Gasteiger partial charge in [0.05, 0.1) is 11.5 Å². The molecule has 1 unspecified atom stereocenters. The van der Waals surface area contributed by atoms with E-state index in [1.165, 1.54) is 5.57 Å². The second-order valence-corrected chi connectivity index (χ2v) is 4.11. The number of hydrogen-bond donors (Lipinski definition) is 1. The summed E-state index contributed by atoms with van der Waals surface area (Å²) in [7, 11) is 0. The molecule has 0 rings (SSSR count). The lowest BCUT2D eigenvalue weighted by molar-refractivity contribution is 0.664. The molecule has 2 N–H and O–H groups in total. The highest BCUT2D eigenvalue weighted by Gasteiger charge is 2.08. The maximum Gasteiger partial charge on any atom is 0.0993 e. The molecular weight excluding hydrogens is 208 g/mol. The van der Waals surface area contributed by atoms with Gasteiger partial charge in [0.1, 0.15) is 0 Å². The van der Waals surface area contributed by atoms with Gasteiger partial charge >= 0.3 is 0 Å². The zero-order valence-electron chi connectivity index (χ0n) is 11.8. The molecule has 0 aromatic carbocycles. The number of nitrogens with zero attached hydrogens (tertiary/aromatic N) is 1. The number of aliphatic imine (C=N–C) groups is 1. The number of rotatable bonds is 6. The first-order valence-corrected chi connectivity index (χ1v) is 6.43. The molecule has 0 aliphatic carbocycles. The average molecular weight is 234 g/mol. The second kappa shape index (κ2) is 8.80. The molecule has 2 nitrogen and oxygen atoms in total. The molecular formula is C15H26N2. The largest absolute Gasteiger partial charge is 0.387 e. The molecule has 0 radical (unpaired) electrons. The van der Waals surface area contributed by atoms with Crippen molar-refractivity contribution in [3.8, 4) is 0 Å². The molecule has 0 heterocycles. The summed E-state index contributed by atoms with van der Waals surface area (Å²) in [5.41, 5.74) is 8.08. The maximum atomic E-state index is 5.84. The Kier molecular flexibility index (Phi) is 8.12. The van der Waals surface area contributed by atoms with Crippen molar-refractivity contribution >= 4 is 5.84 Å². The molecule has 0 saturated heterocycles. The summed E-state index contributed by atoms with van der Waals surface area (Å²) >= 11 is 0. The summed E-state index contributed by atoms with van der Waals surface area (Å²) in [4.78, 5) is 4.51. The molecule has 2 heteroatoms. The predicted octanol–water partition coefficient (Wildman–Crippen LogP) is 4.21. The van der Waals surface area contributed by atoms with E-state index in [0.29, 0.717) is 11.8 Å². The molecule has 0 amide bonds. The molecule has 0 aromatic heterocycles. The van der Waals surface area contributed by atoms with Gasteiger partial charge in [0, 0.05) is 6.42 Å². The lowest BCUT2D eigenvalue weighted by atomic mass is 9.95. The van der Waals surface area contributed by atoms with Crippen LogP contribution in [0.1, 0.15) is 47.5 Å². The molecule has 17 heavy (non-hydrogen) atoms. The minimum absolute atomic E-state index is 0.491. The zero-order valence-corrected chi connectivity index (χ0v) is 11.8. The van der Waals surface area contributed by atoms with E-state index in [1.807, 2.05) is 32.9 Å². The van der Waals surface area contributed by atoms with Crippen LogP contribution in [0.5, 0.6) is 0 Å². The summed E-state index contributed by atoms with van der Waals surface area (Å²) in [6.45, 7) is 10.5. The summed E-state index contributed by atoms with van der Waals surface area (Å²) < 4.78 is 0. The topological polar surface area (TPSA) is 38.4 Å². The Morgan fingerprint density at radius 2 is 1.76 bits per heavy atom. The van der Waals surface area contributed by atoms with Crippen LogP contribution < -0.4 is 5.73 Å². The minimum atomic E-state index is 0.491. The van der Waals surface area contributed by atoms with Crippen molar-refractivity contribution in [2.75, 3.05) is 0 Å². The van der Waals surface area contributed by atoms with Gasteiger partial charge in [-0.15, -0.1) is 0 Å². The van der Waals surface area contributed by atoms with Crippen molar-refractivity contribution in [1.82, 2.24) is 0 Å². The Hall–Kier alpha value is -1.31. The highest BCUT2D eigenvalue weighted by atomic mass is 14.9. The number of nitrogens with two attached hydrogens (primary N) is 1. The van der Waals surface area contributed by atoms with Crippen LogP contribution in [0.15, 0.2) is 40.6 Å². The van der Waals surface area contributed by atoms with E-state index in [4.69, 9.17) is 5.73 Å². The second-order valence-electron chi connectivity index (χ2n) is 4.11. The van der Waals surface area contributed by atoms with Gasteiger partial charge in [-0.25, -0.2) is 4.99 Å². The number of amidine groups is 1. The monoisotopic (exact) mass is 234 g/mol. The normalized spacial score (nSPS) is 16.6. The fraction of sp³-hybridized carbons (Fsp3) is 0.533. The SMILES string of the molecule is C\C=C/C(N=C(N)CC)=C(\C=C/C)C(C)CC. The van der Waals surface area contributed by atoms with Crippen molar-refractivity contribution in [2.45, 2.75) is 47.5 Å². The third-order valence-electron chi connectivity index (χ3n) is 2.74. The van der Waals surface area contributed by atoms with Crippen LogP contribution in [0, 0.1) is 5.92 Å². The van der Waals surface area contributed by atoms with Crippen LogP contribution in [-0.2, 0) is 0 Å². The third kappa shape index (κ3) is 5.53. The number of allylic oxidation sites excluding steroid dienone is 5. The van der Waals surface area contributed by atoms with Gasteiger partial charge in [-0.3, -0.25) is 0 Å². The van der Waals surface area contributed by atoms with Crippen LogP contribution in [0.3, 0.4) is 0 Å². The Morgan fingerprint density at radius 3 is 2.18 bits per heavy atom. The minimum Gasteiger partial charge on any atom is -0.387 e. The van der Waals surface area contributed by atoms with Gasteiger partial charge in [0.2, 0.25) is 0 Å². The van der Waals surface area contributed by atoms with Crippen molar-refractivity contribution in [3.63, 3.8) is 0 Å². The van der Waals surface area contributed by atoms with E-state index in [0.717, 1.165) is 18.5 Å². The molecule has 0 aliphatic rings. The zero-order chi connectivity index (χ0) is 13.3. The first-order valence-electron chi connectivity index (χ1n) is 6.43. The van der Waals surface area contributed by atoms with Crippen LogP contribution in [0.2, 0.25) is 0 Å². The smallest absolute Gasteiger partial charge is 0.0993 e. The summed E-state index contributed by atoms with van der Waals surface area (Å²) in [5, 5.41) is 0. The Bertz CT molecular complexity index is 333. The molecule has 1 atom stereocenters. The van der Waals surface area contributed by atoms with Crippen LogP contribution in [-0.4, -0.2) is 5.84 Å². The van der Waals surface area contributed by atoms with Crippen LogP contribution >= 0.6 is 0 Å². The molecule has 96 valence electrons. The van der Waals surface area contributed by atoms with Gasteiger partial charge in [0.15, 0.2) is 0 Å². The predicted molar refractivity (Wildman–Crippen MR) is 78.0 cm³/mol. The Balaban J connectivity index is 5.57. The molecule has 0 spiro atoms. The third-order valence-corrected chi connectivity index (χ3v) is 2.74. The fourth-order valence-corrected chi connectivity index (χ4v) is 1.49. The summed E-state index contributed by atoms with van der Waals surface area (Å²) in [6.07, 6.45) is 10.1. The van der Waals surface area contributed by atoms with Crippen LogP contribution in [0.4, 0.5) is 0 Å². The molecule has 0 fully saturated rings. The standard InChI is InChI=1S/C15H26N2/c1-6-10-13(12(5)8-3)14(11-7-2)17-15(16)9-4/h6-7,10-12H,8-9H2,1-5H3,(H2,16,17)/b10-6-,11-7-,14-13-. The van der Waals surface area contributed by atoms with Crippen molar-refractivity contribution in [1.29, 1.82) is 0 Å². The van der Waals surface area contributed by atoms with Gasteiger partial charge in [-0.05, 0) is 37.8 Å². The Morgan fingerprint density at radius 1 is 1.18 bits per heavy atom. The quantitative estimate of drug-likeness (QED) is 0.417. The molecule has 0 saturated carbocycles. The highest BCUT2D eigenvalue weighted by Crippen LogP contribution is 2.22. The lowest BCUT2D eigenvalue weighted by Crippen LogP contribution is -2.10. The number of hydrogen-bond acceptors (Lipinski definition) is 1. The average Bonchev–Trinajstić information content (AvgIpc) is 2.34. The first kappa shape index (κ1) is 15.7. The summed E-state index contributed by atoms with van der Waals surface area (Å²) in [5.74, 6) is 1.18. The summed E-state index contributed by atoms with van der Waals surface area (Å²) in [6, 6.07) is 0. The highest BCUT2D eigenvalue weighted by molar-refractivity contribution is 5.81. The van der Waals surface area contributed by atoms with Crippen molar-refractivity contribution in [2.24, 2.45) is 16.6 Å². The van der Waals surface area contributed by atoms with Gasteiger partial charge < -0.3 is 5.73 Å². The van der Waals surface area contributed by atoms with Crippen molar-refractivity contribution < 1.29 is 0 Å². The van der Waals surface area contributed by atoms with E-state index >= 15 is 0 Å². The van der Waals surface area contributed by atoms with Crippen LogP contribution in [0.25, 0.3) is 0 Å². The maximum absolute atomic E-state index is 5.84. The van der Waals surface area contributed by atoms with Gasteiger partial charge in [-0.1, -0.05) is 39.0 Å². The van der Waals surface area contributed by atoms with E-state index in [9.17, 15) is 0 Å². The van der Waals surface area contributed by atoms with Gasteiger partial charge in [0.25, 0.3) is 0 Å².